The molecule has 1 heterocycles. The summed E-state index contributed by atoms with van der Waals surface area (Å²) < 4.78 is 36.1. The van der Waals surface area contributed by atoms with Crippen LogP contribution in [0.5, 0.6) is 5.75 Å². The molecule has 0 radical (unpaired) electrons. The van der Waals surface area contributed by atoms with E-state index in [1.165, 1.54) is 30.3 Å². The number of aliphatic carboxylic acids is 1. The Bertz CT molecular complexity index is 1960. The maximum absolute atomic E-state index is 14.5. The summed E-state index contributed by atoms with van der Waals surface area (Å²) in [5.74, 6) is -2.35. The Labute approximate surface area is 317 Å². The SMILES string of the molecule is CC(C)n1c(C=C[C@@H](O)C[C@@H](O)CC(=O)[O-])c(-c2ccc(F)cc2)c(-c2ccc(F)cc2)c1C(=O)Nc1cccc(OCc2ccccc2)c1.[Na+]. The van der Waals surface area contributed by atoms with Gasteiger partial charge < -0.3 is 34.7 Å². The number of amides is 1. The smallest absolute Gasteiger partial charge is 0.550 e. The minimum Gasteiger partial charge on any atom is -0.550 e. The fourth-order valence-electron chi connectivity index (χ4n) is 5.77. The molecule has 2 atom stereocenters. The number of rotatable bonds is 14. The zero-order valence-electron chi connectivity index (χ0n) is 28.6. The summed E-state index contributed by atoms with van der Waals surface area (Å²) in [4.78, 5) is 25.4. The van der Waals surface area contributed by atoms with E-state index in [1.807, 2.05) is 44.2 Å². The Morgan fingerprint density at radius 3 is 2.06 bits per heavy atom. The van der Waals surface area contributed by atoms with E-state index in [0.717, 1.165) is 5.56 Å². The number of aromatic nitrogens is 1. The van der Waals surface area contributed by atoms with Crippen LogP contribution in [0.4, 0.5) is 14.5 Å². The maximum atomic E-state index is 14.5. The monoisotopic (exact) mass is 702 g/mol. The third-order valence-corrected chi connectivity index (χ3v) is 7.97. The molecule has 5 aromatic rings. The topological polar surface area (TPSA) is 124 Å². The van der Waals surface area contributed by atoms with E-state index in [2.05, 4.69) is 5.32 Å². The molecule has 0 spiro atoms. The number of carboxylic acid groups (broad SMARTS) is 1. The number of carbonyl (C=O) groups excluding carboxylic acids is 2. The van der Waals surface area contributed by atoms with E-state index in [4.69, 9.17) is 4.74 Å². The second-order valence-corrected chi connectivity index (χ2v) is 12.1. The van der Waals surface area contributed by atoms with Gasteiger partial charge in [-0.2, -0.15) is 0 Å². The quantitative estimate of drug-likeness (QED) is 0.152. The third kappa shape index (κ3) is 10.2. The average Bonchev–Trinajstić information content (AvgIpc) is 3.43. The van der Waals surface area contributed by atoms with Crippen LogP contribution in [0.2, 0.25) is 0 Å². The van der Waals surface area contributed by atoms with Gasteiger partial charge in [-0.25, -0.2) is 8.78 Å². The van der Waals surface area contributed by atoms with Gasteiger partial charge in [0.25, 0.3) is 5.91 Å². The molecule has 3 N–H and O–H groups in total. The second-order valence-electron chi connectivity index (χ2n) is 12.1. The first-order chi connectivity index (χ1) is 24.0. The molecule has 8 nitrogen and oxygen atoms in total. The molecule has 4 aromatic carbocycles. The van der Waals surface area contributed by atoms with Gasteiger partial charge in [0.1, 0.15) is 29.7 Å². The third-order valence-electron chi connectivity index (χ3n) is 7.97. The molecule has 258 valence electrons. The molecule has 0 saturated carbocycles. The zero-order valence-corrected chi connectivity index (χ0v) is 30.6. The van der Waals surface area contributed by atoms with Crippen LogP contribution < -0.4 is 44.7 Å². The van der Waals surface area contributed by atoms with Gasteiger partial charge in [-0.15, -0.1) is 0 Å². The van der Waals surface area contributed by atoms with Crippen molar-refractivity contribution in [2.45, 2.75) is 51.5 Å². The Hall–Kier alpha value is -4.58. The van der Waals surface area contributed by atoms with Gasteiger partial charge in [0.05, 0.1) is 12.2 Å². The molecular weight excluding hydrogens is 665 g/mol. The number of aliphatic hydroxyl groups is 2. The van der Waals surface area contributed by atoms with E-state index in [-0.39, 0.29) is 47.7 Å². The first kappa shape index (κ1) is 39.2. The van der Waals surface area contributed by atoms with E-state index in [1.54, 1.807) is 59.2 Å². The summed E-state index contributed by atoms with van der Waals surface area (Å²) in [7, 11) is 0. The van der Waals surface area contributed by atoms with E-state index < -0.39 is 42.1 Å². The van der Waals surface area contributed by atoms with Crippen molar-refractivity contribution in [1.29, 1.82) is 0 Å². The normalized spacial score (nSPS) is 12.4. The molecule has 0 aliphatic heterocycles. The van der Waals surface area contributed by atoms with Crippen LogP contribution in [0.1, 0.15) is 54.5 Å². The number of nitrogens with one attached hydrogen (secondary N) is 1. The van der Waals surface area contributed by atoms with Gasteiger partial charge in [0, 0.05) is 53.4 Å². The number of nitrogens with zero attached hydrogens (tertiary/aromatic N) is 1. The fraction of sp³-hybridized carbons (Fsp3) is 0.200. The van der Waals surface area contributed by atoms with Crippen molar-refractivity contribution in [3.05, 3.63) is 138 Å². The van der Waals surface area contributed by atoms with Crippen molar-refractivity contribution in [3.63, 3.8) is 0 Å². The van der Waals surface area contributed by atoms with Gasteiger partial charge in [0.2, 0.25) is 0 Å². The molecule has 0 fully saturated rings. The van der Waals surface area contributed by atoms with Crippen LogP contribution in [-0.4, -0.2) is 38.9 Å². The fourth-order valence-corrected chi connectivity index (χ4v) is 5.77. The van der Waals surface area contributed by atoms with Crippen molar-refractivity contribution in [1.82, 2.24) is 4.57 Å². The molecular formula is C40H37F2N2NaO6. The number of benzene rings is 4. The Balaban J connectivity index is 0.00000583. The molecule has 11 heteroatoms. The predicted molar refractivity (Wildman–Crippen MR) is 186 cm³/mol. The minimum absolute atomic E-state index is 0. The van der Waals surface area contributed by atoms with Crippen LogP contribution in [-0.2, 0) is 11.4 Å². The Morgan fingerprint density at radius 2 is 1.47 bits per heavy atom. The summed E-state index contributed by atoms with van der Waals surface area (Å²) in [6.45, 7) is 4.07. The van der Waals surface area contributed by atoms with Gasteiger partial charge in [0.15, 0.2) is 0 Å². The molecule has 1 amide bonds. The number of hydrogen-bond donors (Lipinski definition) is 3. The van der Waals surface area contributed by atoms with Crippen LogP contribution in [0.25, 0.3) is 28.3 Å². The van der Waals surface area contributed by atoms with Gasteiger partial charge in [-0.05, 0) is 73.0 Å². The van der Waals surface area contributed by atoms with Crippen LogP contribution >= 0.6 is 0 Å². The largest absolute Gasteiger partial charge is 1.00 e. The maximum Gasteiger partial charge on any atom is 1.00 e. The minimum atomic E-state index is -1.45. The first-order valence-electron chi connectivity index (χ1n) is 16.1. The van der Waals surface area contributed by atoms with Gasteiger partial charge in [-0.1, -0.05) is 66.7 Å². The number of carbonyl (C=O) groups is 2. The zero-order chi connectivity index (χ0) is 35.8. The number of anilines is 1. The first-order valence-corrected chi connectivity index (χ1v) is 16.1. The molecule has 51 heavy (non-hydrogen) atoms. The molecule has 0 aliphatic carbocycles. The summed E-state index contributed by atoms with van der Waals surface area (Å²) in [5, 5.41) is 34.8. The summed E-state index contributed by atoms with van der Waals surface area (Å²) in [6.07, 6.45) is -0.561. The second kappa shape index (κ2) is 18.1. The Kier molecular flexibility index (Phi) is 13.9. The molecule has 5 rings (SSSR count). The van der Waals surface area contributed by atoms with Crippen LogP contribution in [0, 0.1) is 11.6 Å². The number of hydrogen-bond acceptors (Lipinski definition) is 6. The summed E-state index contributed by atoms with van der Waals surface area (Å²) >= 11 is 0. The van der Waals surface area contributed by atoms with Crippen LogP contribution in [0.3, 0.4) is 0 Å². The standard InChI is InChI=1S/C40H38F2N2O6.Na/c1-25(2)44-35(20-19-32(45)22-33(46)23-36(47)48)37(27-11-15-29(41)16-12-27)38(28-13-17-30(42)18-14-28)39(44)40(49)43-31-9-6-10-34(21-31)50-24-26-7-4-3-5-8-26;/h3-21,25,32-33,45-46H,22-24H2,1-2H3,(H,43,49)(H,47,48);/q;+1/p-1/t32-,33-;/m1./s1. The molecule has 1 aromatic heterocycles. The molecule has 0 bridgehead atoms. The molecule has 0 saturated heterocycles. The summed E-state index contributed by atoms with van der Waals surface area (Å²) in [6, 6.07) is 27.6. The van der Waals surface area contributed by atoms with Crippen molar-refractivity contribution >= 4 is 23.6 Å². The van der Waals surface area contributed by atoms with Crippen molar-refractivity contribution in [3.8, 4) is 28.0 Å². The van der Waals surface area contributed by atoms with Crippen LogP contribution in [0.15, 0.2) is 109 Å². The number of carboxylic acids is 1. The van der Waals surface area contributed by atoms with E-state index >= 15 is 0 Å². The van der Waals surface area contributed by atoms with Gasteiger partial charge >= 0.3 is 29.6 Å². The molecule has 0 unspecified atom stereocenters. The van der Waals surface area contributed by atoms with Crippen molar-refractivity contribution in [2.24, 2.45) is 0 Å². The number of ether oxygens (including phenoxy) is 1. The van der Waals surface area contributed by atoms with Gasteiger partial charge in [-0.3, -0.25) is 4.79 Å². The Morgan fingerprint density at radius 1 is 0.863 bits per heavy atom. The van der Waals surface area contributed by atoms with Crippen molar-refractivity contribution < 1.29 is 68.0 Å². The number of aliphatic hydroxyl groups excluding tert-OH is 2. The molecule has 0 aliphatic rings. The van der Waals surface area contributed by atoms with E-state index in [9.17, 15) is 33.7 Å². The average molecular weight is 703 g/mol. The van der Waals surface area contributed by atoms with Crippen molar-refractivity contribution in [2.75, 3.05) is 5.32 Å². The number of halogens is 2. The predicted octanol–water partition coefficient (Wildman–Crippen LogP) is 3.78. The summed E-state index contributed by atoms with van der Waals surface area (Å²) in [5.41, 5.74) is 4.11. The van der Waals surface area contributed by atoms with E-state index in [0.29, 0.717) is 46.0 Å².